The molecule has 0 amide bonds. The predicted octanol–water partition coefficient (Wildman–Crippen LogP) is 1.53. The van der Waals surface area contributed by atoms with Gasteiger partial charge in [0.25, 0.3) is 0 Å². The van der Waals surface area contributed by atoms with E-state index in [9.17, 15) is 9.50 Å². The van der Waals surface area contributed by atoms with Crippen LogP contribution in [-0.4, -0.2) is 42.0 Å². The summed E-state index contributed by atoms with van der Waals surface area (Å²) in [6.07, 6.45) is 6.81. The highest BCUT2D eigenvalue weighted by molar-refractivity contribution is 5.30. The highest BCUT2D eigenvalue weighted by Gasteiger charge is 2.32. The van der Waals surface area contributed by atoms with E-state index in [0.29, 0.717) is 12.5 Å². The summed E-state index contributed by atoms with van der Waals surface area (Å²) in [5.41, 5.74) is 1.53. The third-order valence-corrected chi connectivity index (χ3v) is 4.81. The van der Waals surface area contributed by atoms with Gasteiger partial charge in [0.15, 0.2) is 0 Å². The smallest absolute Gasteiger partial charge is 0.123 e. The summed E-state index contributed by atoms with van der Waals surface area (Å²) in [7, 11) is 0. The molecular weight excluding hydrogens is 335 g/mol. The first-order valence-electron chi connectivity index (χ1n) is 8.73. The quantitative estimate of drug-likeness (QED) is 0.700. The van der Waals surface area contributed by atoms with Gasteiger partial charge in [-0.05, 0) is 49.1 Å². The lowest BCUT2D eigenvalue weighted by Gasteiger charge is -2.15. The topological polar surface area (TPSA) is 80.8 Å². The van der Waals surface area contributed by atoms with Crippen molar-refractivity contribution in [3.05, 3.63) is 60.4 Å². The Morgan fingerprint density at radius 2 is 2.08 bits per heavy atom. The fraction of sp³-hybridized carbons (Fsp3) is 0.389. The van der Waals surface area contributed by atoms with Crippen LogP contribution in [0.15, 0.2) is 48.9 Å². The highest BCUT2D eigenvalue weighted by Crippen LogP contribution is 2.27. The number of nitrogens with zero attached hydrogens (tertiary/aromatic N) is 5. The second kappa shape index (κ2) is 7.35. The van der Waals surface area contributed by atoms with Gasteiger partial charge in [0.05, 0.1) is 23.7 Å². The van der Waals surface area contributed by atoms with E-state index >= 15 is 0 Å². The van der Waals surface area contributed by atoms with E-state index in [0.717, 1.165) is 30.8 Å². The fourth-order valence-corrected chi connectivity index (χ4v) is 3.49. The Morgan fingerprint density at radius 3 is 2.85 bits per heavy atom. The lowest BCUT2D eigenvalue weighted by Crippen LogP contribution is -2.35. The van der Waals surface area contributed by atoms with Crippen molar-refractivity contribution in [2.24, 2.45) is 5.92 Å². The third kappa shape index (κ3) is 3.81. The molecule has 1 unspecified atom stereocenters. The molecule has 2 heterocycles. The van der Waals surface area contributed by atoms with Gasteiger partial charge in [-0.25, -0.2) is 9.07 Å². The van der Waals surface area contributed by atoms with Crippen molar-refractivity contribution in [1.82, 2.24) is 30.1 Å². The molecule has 26 heavy (non-hydrogen) atoms. The standard InChI is InChI=1S/C18H21FN6O/c19-14-2-4-16(5-3-14)25-12-15(22-23-25)10-20-17-8-13(9-18(17)26)11-24-7-1-6-21-24/h1-7,12-13,17-18,20,26H,8-11H2/t13?,17-,18-/m1/s1. The Labute approximate surface area is 150 Å². The van der Waals surface area contributed by atoms with E-state index in [1.807, 2.05) is 23.1 Å². The zero-order chi connectivity index (χ0) is 17.9. The molecule has 2 aromatic heterocycles. The van der Waals surface area contributed by atoms with Crippen molar-refractivity contribution in [2.75, 3.05) is 0 Å². The van der Waals surface area contributed by atoms with Crippen LogP contribution in [0.4, 0.5) is 4.39 Å². The maximum Gasteiger partial charge on any atom is 0.123 e. The second-order valence-electron chi connectivity index (χ2n) is 6.75. The first kappa shape index (κ1) is 16.9. The number of nitrogens with one attached hydrogen (secondary N) is 1. The van der Waals surface area contributed by atoms with E-state index in [1.165, 1.54) is 12.1 Å². The number of aliphatic hydroxyl groups is 1. The van der Waals surface area contributed by atoms with Crippen molar-refractivity contribution in [3.8, 4) is 5.69 Å². The zero-order valence-electron chi connectivity index (χ0n) is 14.2. The van der Waals surface area contributed by atoms with Gasteiger partial charge in [0.2, 0.25) is 0 Å². The molecule has 4 rings (SSSR count). The monoisotopic (exact) mass is 356 g/mol. The molecule has 3 atom stereocenters. The van der Waals surface area contributed by atoms with Gasteiger partial charge in [-0.2, -0.15) is 5.10 Å². The van der Waals surface area contributed by atoms with E-state index in [2.05, 4.69) is 20.7 Å². The SMILES string of the molecule is O[C@@H]1CC(Cn2cccn2)C[C@H]1NCc1cn(-c2ccc(F)cc2)nn1. The van der Waals surface area contributed by atoms with Crippen molar-refractivity contribution < 1.29 is 9.50 Å². The number of halogens is 1. The summed E-state index contributed by atoms with van der Waals surface area (Å²) in [4.78, 5) is 0. The van der Waals surface area contributed by atoms with Crippen LogP contribution < -0.4 is 5.32 Å². The van der Waals surface area contributed by atoms with Crippen LogP contribution in [-0.2, 0) is 13.1 Å². The minimum absolute atomic E-state index is 0.0338. The lowest BCUT2D eigenvalue weighted by atomic mass is 10.1. The minimum atomic E-state index is -0.372. The number of hydrogen-bond donors (Lipinski definition) is 2. The summed E-state index contributed by atoms with van der Waals surface area (Å²) >= 11 is 0. The molecule has 0 radical (unpaired) electrons. The molecule has 1 fully saturated rings. The Bertz CT molecular complexity index is 832. The molecule has 136 valence electrons. The van der Waals surface area contributed by atoms with E-state index < -0.39 is 0 Å². The molecule has 0 spiro atoms. The average molecular weight is 356 g/mol. The van der Waals surface area contributed by atoms with Gasteiger partial charge in [0.1, 0.15) is 5.82 Å². The first-order valence-corrected chi connectivity index (χ1v) is 8.73. The number of benzene rings is 1. The van der Waals surface area contributed by atoms with Gasteiger partial charge in [-0.1, -0.05) is 5.21 Å². The van der Waals surface area contributed by atoms with Crippen LogP contribution >= 0.6 is 0 Å². The molecule has 0 aliphatic heterocycles. The normalized spacial score (nSPS) is 22.8. The van der Waals surface area contributed by atoms with Crippen molar-refractivity contribution in [2.45, 2.75) is 38.1 Å². The summed E-state index contributed by atoms with van der Waals surface area (Å²) in [6.45, 7) is 1.35. The average Bonchev–Trinajstić information content (AvgIpc) is 3.36. The minimum Gasteiger partial charge on any atom is -0.391 e. The molecule has 3 aromatic rings. The Balaban J connectivity index is 1.32. The maximum atomic E-state index is 13.0. The van der Waals surface area contributed by atoms with Crippen molar-refractivity contribution in [1.29, 1.82) is 0 Å². The van der Waals surface area contributed by atoms with Gasteiger partial charge in [-0.3, -0.25) is 4.68 Å². The third-order valence-electron chi connectivity index (χ3n) is 4.81. The summed E-state index contributed by atoms with van der Waals surface area (Å²) < 4.78 is 16.5. The molecule has 1 aromatic carbocycles. The van der Waals surface area contributed by atoms with Crippen LogP contribution in [0, 0.1) is 11.7 Å². The predicted molar refractivity (Wildman–Crippen MR) is 92.9 cm³/mol. The summed E-state index contributed by atoms with van der Waals surface area (Å²) in [5.74, 6) is 0.118. The zero-order valence-corrected chi connectivity index (χ0v) is 14.2. The van der Waals surface area contributed by atoms with Gasteiger partial charge >= 0.3 is 0 Å². The van der Waals surface area contributed by atoms with Gasteiger partial charge in [0, 0.05) is 31.5 Å². The maximum absolute atomic E-state index is 13.0. The van der Waals surface area contributed by atoms with Gasteiger partial charge < -0.3 is 10.4 Å². The molecule has 2 N–H and O–H groups in total. The molecule has 1 saturated carbocycles. The molecular formula is C18H21FN6O. The molecule has 8 heteroatoms. The summed E-state index contributed by atoms with van der Waals surface area (Å²) in [6, 6.07) is 8.04. The van der Waals surface area contributed by atoms with Crippen LogP contribution in [0.2, 0.25) is 0 Å². The van der Waals surface area contributed by atoms with Crippen LogP contribution in [0.25, 0.3) is 5.69 Å². The molecule has 0 saturated heterocycles. The first-order chi connectivity index (χ1) is 12.7. The Hall–Kier alpha value is -2.58. The Morgan fingerprint density at radius 1 is 1.23 bits per heavy atom. The largest absolute Gasteiger partial charge is 0.391 e. The number of aliphatic hydroxyl groups excluding tert-OH is 1. The highest BCUT2D eigenvalue weighted by atomic mass is 19.1. The number of aromatic nitrogens is 5. The lowest BCUT2D eigenvalue weighted by molar-refractivity contribution is 0.145. The van der Waals surface area contributed by atoms with E-state index in [4.69, 9.17) is 0 Å². The number of rotatable bonds is 6. The molecule has 1 aliphatic rings. The van der Waals surface area contributed by atoms with E-state index in [-0.39, 0.29) is 18.0 Å². The molecule has 1 aliphatic carbocycles. The van der Waals surface area contributed by atoms with Crippen LogP contribution in [0.5, 0.6) is 0 Å². The van der Waals surface area contributed by atoms with E-state index in [1.54, 1.807) is 23.0 Å². The van der Waals surface area contributed by atoms with Crippen LogP contribution in [0.1, 0.15) is 18.5 Å². The molecule has 7 nitrogen and oxygen atoms in total. The second-order valence-corrected chi connectivity index (χ2v) is 6.75. The molecule has 0 bridgehead atoms. The summed E-state index contributed by atoms with van der Waals surface area (Å²) in [5, 5.41) is 26.1. The number of hydrogen-bond acceptors (Lipinski definition) is 5. The Kier molecular flexibility index (Phi) is 4.77. The van der Waals surface area contributed by atoms with Gasteiger partial charge in [-0.15, -0.1) is 5.10 Å². The fourth-order valence-electron chi connectivity index (χ4n) is 3.49. The van der Waals surface area contributed by atoms with Crippen molar-refractivity contribution in [3.63, 3.8) is 0 Å². The van der Waals surface area contributed by atoms with Crippen LogP contribution in [0.3, 0.4) is 0 Å². The van der Waals surface area contributed by atoms with Crippen molar-refractivity contribution >= 4 is 0 Å².